The molecule has 0 amide bonds. The van der Waals surface area contributed by atoms with Crippen LogP contribution in [0, 0.1) is 6.92 Å². The molecule has 70 valence electrons. The molecule has 3 nitrogen and oxygen atoms in total. The average Bonchev–Trinajstić information content (AvgIpc) is 3.00. The summed E-state index contributed by atoms with van der Waals surface area (Å²) in [6, 6.07) is 1.91. The van der Waals surface area contributed by atoms with Crippen molar-refractivity contribution in [3.63, 3.8) is 0 Å². The molecule has 3 heteroatoms. The molecule has 1 aliphatic rings. The summed E-state index contributed by atoms with van der Waals surface area (Å²) < 4.78 is 0. The fourth-order valence-corrected chi connectivity index (χ4v) is 1.75. The number of rotatable bonds is 1. The zero-order valence-corrected chi connectivity index (χ0v) is 8.07. The van der Waals surface area contributed by atoms with Crippen LogP contribution in [0.4, 0.5) is 0 Å². The number of aryl methyl sites for hydroxylation is 1. The van der Waals surface area contributed by atoms with Crippen LogP contribution in [0.2, 0.25) is 0 Å². The number of aromatic nitrogens is 3. The van der Waals surface area contributed by atoms with Crippen molar-refractivity contribution < 1.29 is 0 Å². The van der Waals surface area contributed by atoms with Gasteiger partial charge in [0.25, 0.3) is 0 Å². The Labute approximate surface area is 82.2 Å². The molecule has 0 radical (unpaired) electrons. The van der Waals surface area contributed by atoms with Crippen LogP contribution in [0.15, 0.2) is 18.5 Å². The molecular weight excluding hydrogens is 174 g/mol. The monoisotopic (exact) mass is 185 g/mol. The predicted octanol–water partition coefficient (Wildman–Crippen LogP) is 2.21. The number of hydrogen-bond acceptors (Lipinski definition) is 3. The second-order valence-corrected chi connectivity index (χ2v) is 3.83. The van der Waals surface area contributed by atoms with Crippen molar-refractivity contribution in [2.24, 2.45) is 0 Å². The number of fused-ring (bicyclic) bond motifs is 1. The Kier molecular flexibility index (Phi) is 1.54. The van der Waals surface area contributed by atoms with Gasteiger partial charge in [-0.05, 0) is 25.8 Å². The minimum absolute atomic E-state index is 0.659. The van der Waals surface area contributed by atoms with Crippen LogP contribution in [-0.2, 0) is 0 Å². The van der Waals surface area contributed by atoms with E-state index in [0.29, 0.717) is 5.92 Å². The summed E-state index contributed by atoms with van der Waals surface area (Å²) in [5.41, 5.74) is 4.11. The molecule has 1 saturated carbocycles. The van der Waals surface area contributed by atoms with Crippen LogP contribution in [0.5, 0.6) is 0 Å². The summed E-state index contributed by atoms with van der Waals surface area (Å²) in [4.78, 5) is 13.2. The summed E-state index contributed by atoms with van der Waals surface area (Å²) in [6.45, 7) is 2.04. The maximum atomic E-state index is 4.61. The summed E-state index contributed by atoms with van der Waals surface area (Å²) in [5, 5.41) is 0. The highest BCUT2D eigenvalue weighted by molar-refractivity contribution is 5.73. The van der Waals surface area contributed by atoms with E-state index in [1.807, 2.05) is 13.0 Å². The molecule has 2 aromatic heterocycles. The van der Waals surface area contributed by atoms with Gasteiger partial charge in [-0.1, -0.05) is 0 Å². The van der Waals surface area contributed by atoms with E-state index in [9.17, 15) is 0 Å². The lowest BCUT2D eigenvalue weighted by Crippen LogP contribution is -1.96. The summed E-state index contributed by atoms with van der Waals surface area (Å²) in [6.07, 6.45) is 6.07. The predicted molar refractivity (Wildman–Crippen MR) is 54.0 cm³/mol. The van der Waals surface area contributed by atoms with Gasteiger partial charge >= 0.3 is 0 Å². The topological polar surface area (TPSA) is 38.7 Å². The van der Waals surface area contributed by atoms with Gasteiger partial charge in [-0.3, -0.25) is 4.98 Å². The molecule has 2 aromatic rings. The Balaban J connectivity index is 2.26. The highest BCUT2D eigenvalue weighted by Crippen LogP contribution is 2.40. The summed E-state index contributed by atoms with van der Waals surface area (Å²) in [5.74, 6) is 0.659. The van der Waals surface area contributed by atoms with Gasteiger partial charge < -0.3 is 0 Å². The van der Waals surface area contributed by atoms with Gasteiger partial charge in [0.15, 0.2) is 0 Å². The largest absolute Gasteiger partial charge is 0.262 e. The quantitative estimate of drug-likeness (QED) is 0.683. The van der Waals surface area contributed by atoms with Crippen molar-refractivity contribution >= 4 is 11.0 Å². The third-order valence-electron chi connectivity index (χ3n) is 2.64. The zero-order valence-electron chi connectivity index (χ0n) is 8.07. The van der Waals surface area contributed by atoms with Gasteiger partial charge in [0.05, 0.1) is 23.1 Å². The molecule has 0 aliphatic heterocycles. The third kappa shape index (κ3) is 1.16. The van der Waals surface area contributed by atoms with Gasteiger partial charge in [-0.2, -0.15) is 0 Å². The molecule has 1 aliphatic carbocycles. The van der Waals surface area contributed by atoms with Gasteiger partial charge in [-0.15, -0.1) is 0 Å². The van der Waals surface area contributed by atoms with E-state index >= 15 is 0 Å². The Morgan fingerprint density at radius 3 is 2.86 bits per heavy atom. The highest BCUT2D eigenvalue weighted by Gasteiger charge is 2.27. The van der Waals surface area contributed by atoms with Crippen LogP contribution < -0.4 is 0 Å². The molecule has 0 aromatic carbocycles. The summed E-state index contributed by atoms with van der Waals surface area (Å²) in [7, 11) is 0. The Morgan fingerprint density at radius 1 is 1.21 bits per heavy atom. The van der Waals surface area contributed by atoms with Crippen molar-refractivity contribution in [3.05, 3.63) is 29.8 Å². The molecule has 1 fully saturated rings. The second kappa shape index (κ2) is 2.74. The van der Waals surface area contributed by atoms with Crippen molar-refractivity contribution in [2.45, 2.75) is 25.7 Å². The Bertz CT molecular complexity index is 489. The molecule has 0 unspecified atom stereocenters. The van der Waals surface area contributed by atoms with E-state index in [2.05, 4.69) is 15.0 Å². The maximum Gasteiger partial charge on any atom is 0.107 e. The molecule has 0 N–H and O–H groups in total. The van der Waals surface area contributed by atoms with Crippen molar-refractivity contribution in [2.75, 3.05) is 0 Å². The number of nitrogens with zero attached hydrogens (tertiary/aromatic N) is 3. The molecule has 2 heterocycles. The average molecular weight is 185 g/mol. The van der Waals surface area contributed by atoms with E-state index in [1.165, 1.54) is 18.5 Å². The van der Waals surface area contributed by atoms with Crippen LogP contribution in [0.25, 0.3) is 11.0 Å². The first-order valence-electron chi connectivity index (χ1n) is 4.93. The third-order valence-corrected chi connectivity index (χ3v) is 2.64. The first kappa shape index (κ1) is 7.85. The molecule has 3 rings (SSSR count). The van der Waals surface area contributed by atoms with Crippen molar-refractivity contribution in [1.82, 2.24) is 15.0 Å². The van der Waals surface area contributed by atoms with Crippen LogP contribution in [0.1, 0.15) is 30.1 Å². The lowest BCUT2D eigenvalue weighted by atomic mass is 10.2. The standard InChI is InChI=1S/C11H11N3/c1-7-11(8-2-3-8)14-10-6-12-5-4-9(10)13-7/h4-6,8H,2-3H2,1H3. The molecule has 0 atom stereocenters. The molecule has 0 saturated heterocycles. The first-order valence-corrected chi connectivity index (χ1v) is 4.93. The van der Waals surface area contributed by atoms with Crippen LogP contribution in [0.3, 0.4) is 0 Å². The van der Waals surface area contributed by atoms with Gasteiger partial charge in [-0.25, -0.2) is 9.97 Å². The van der Waals surface area contributed by atoms with E-state index in [1.54, 1.807) is 12.4 Å². The summed E-state index contributed by atoms with van der Waals surface area (Å²) >= 11 is 0. The smallest absolute Gasteiger partial charge is 0.107 e. The van der Waals surface area contributed by atoms with E-state index in [-0.39, 0.29) is 0 Å². The molecule has 0 bridgehead atoms. The Hall–Kier alpha value is -1.51. The lowest BCUT2D eigenvalue weighted by molar-refractivity contribution is 0.975. The van der Waals surface area contributed by atoms with Gasteiger partial charge in [0.1, 0.15) is 5.52 Å². The molecular formula is C11H11N3. The van der Waals surface area contributed by atoms with Crippen LogP contribution >= 0.6 is 0 Å². The minimum atomic E-state index is 0.659. The normalized spacial score (nSPS) is 16.1. The van der Waals surface area contributed by atoms with Crippen molar-refractivity contribution in [1.29, 1.82) is 0 Å². The Morgan fingerprint density at radius 2 is 2.07 bits per heavy atom. The maximum absolute atomic E-state index is 4.61. The lowest BCUT2D eigenvalue weighted by Gasteiger charge is -2.03. The van der Waals surface area contributed by atoms with E-state index in [4.69, 9.17) is 0 Å². The number of hydrogen-bond donors (Lipinski definition) is 0. The molecule has 14 heavy (non-hydrogen) atoms. The van der Waals surface area contributed by atoms with Crippen molar-refractivity contribution in [3.8, 4) is 0 Å². The SMILES string of the molecule is Cc1nc2ccncc2nc1C1CC1. The zero-order chi connectivity index (χ0) is 9.54. The van der Waals surface area contributed by atoms with Gasteiger partial charge in [0, 0.05) is 12.1 Å². The highest BCUT2D eigenvalue weighted by atomic mass is 14.9. The fraction of sp³-hybridized carbons (Fsp3) is 0.364. The fourth-order valence-electron chi connectivity index (χ4n) is 1.75. The molecule has 0 spiro atoms. The van der Waals surface area contributed by atoms with Gasteiger partial charge in [0.2, 0.25) is 0 Å². The van der Waals surface area contributed by atoms with E-state index in [0.717, 1.165) is 16.7 Å². The number of pyridine rings is 1. The minimum Gasteiger partial charge on any atom is -0.262 e. The second-order valence-electron chi connectivity index (χ2n) is 3.83. The van der Waals surface area contributed by atoms with Crippen LogP contribution in [-0.4, -0.2) is 15.0 Å². The van der Waals surface area contributed by atoms with E-state index < -0.39 is 0 Å². The first-order chi connectivity index (χ1) is 6.84.